The Morgan fingerprint density at radius 1 is 1.31 bits per heavy atom. The minimum absolute atomic E-state index is 0.0921. The lowest BCUT2D eigenvalue weighted by Gasteiger charge is -2.43. The second kappa shape index (κ2) is 4.26. The molecule has 3 nitrogen and oxygen atoms in total. The Labute approximate surface area is 96.5 Å². The van der Waals surface area contributed by atoms with E-state index in [1.54, 1.807) is 0 Å². The maximum atomic E-state index is 8.25. The van der Waals surface area contributed by atoms with E-state index in [1.807, 2.05) is 30.3 Å². The lowest BCUT2D eigenvalue weighted by molar-refractivity contribution is -0.0150. The summed E-state index contributed by atoms with van der Waals surface area (Å²) in [7, 11) is 0. The highest BCUT2D eigenvalue weighted by Crippen LogP contribution is 2.21. The molecule has 1 heterocycles. The van der Waals surface area contributed by atoms with Crippen LogP contribution in [0, 0.1) is 5.41 Å². The molecule has 2 rings (SSSR count). The zero-order valence-electron chi connectivity index (χ0n) is 9.86. The molecule has 0 spiro atoms. The third-order valence-corrected chi connectivity index (χ3v) is 2.96. The lowest BCUT2D eigenvalue weighted by atomic mass is 10.0. The van der Waals surface area contributed by atoms with Gasteiger partial charge >= 0.3 is 0 Å². The van der Waals surface area contributed by atoms with Crippen LogP contribution >= 0.6 is 0 Å². The standard InChI is InChI=1S/C13H18N2O/c1-13(2)10-16-9-8-15(13)12(14)11-6-4-3-5-7-11/h3-7,14H,8-10H2,1-2H3. The molecule has 0 saturated carbocycles. The quantitative estimate of drug-likeness (QED) is 0.579. The Morgan fingerprint density at radius 3 is 2.62 bits per heavy atom. The van der Waals surface area contributed by atoms with Crippen LogP contribution in [-0.4, -0.2) is 36.0 Å². The van der Waals surface area contributed by atoms with Crippen LogP contribution in [0.15, 0.2) is 30.3 Å². The summed E-state index contributed by atoms with van der Waals surface area (Å²) in [6.07, 6.45) is 0. The number of nitrogens with one attached hydrogen (secondary N) is 1. The van der Waals surface area contributed by atoms with Crippen LogP contribution in [-0.2, 0) is 4.74 Å². The van der Waals surface area contributed by atoms with E-state index < -0.39 is 0 Å². The van der Waals surface area contributed by atoms with Gasteiger partial charge in [0.1, 0.15) is 5.84 Å². The number of morpholine rings is 1. The Balaban J connectivity index is 2.21. The van der Waals surface area contributed by atoms with Crippen molar-refractivity contribution in [1.29, 1.82) is 5.41 Å². The molecule has 1 N–H and O–H groups in total. The number of rotatable bonds is 1. The Morgan fingerprint density at radius 2 is 2.00 bits per heavy atom. The van der Waals surface area contributed by atoms with Crippen molar-refractivity contribution in [2.45, 2.75) is 19.4 Å². The number of hydrogen-bond acceptors (Lipinski definition) is 2. The first-order chi connectivity index (χ1) is 7.61. The highest BCUT2D eigenvalue weighted by atomic mass is 16.5. The molecule has 1 saturated heterocycles. The predicted octanol–water partition coefficient (Wildman–Crippen LogP) is 2.12. The largest absolute Gasteiger partial charge is 0.377 e. The van der Waals surface area contributed by atoms with Crippen molar-refractivity contribution in [3.63, 3.8) is 0 Å². The first kappa shape index (κ1) is 11.1. The second-order valence-corrected chi connectivity index (χ2v) is 4.73. The van der Waals surface area contributed by atoms with E-state index in [1.165, 1.54) is 0 Å². The molecule has 3 heteroatoms. The summed E-state index contributed by atoms with van der Waals surface area (Å²) >= 11 is 0. The van der Waals surface area contributed by atoms with Crippen molar-refractivity contribution in [3.8, 4) is 0 Å². The molecule has 0 atom stereocenters. The fourth-order valence-corrected chi connectivity index (χ4v) is 2.02. The van der Waals surface area contributed by atoms with Crippen molar-refractivity contribution in [3.05, 3.63) is 35.9 Å². The van der Waals surface area contributed by atoms with Crippen LogP contribution in [0.5, 0.6) is 0 Å². The van der Waals surface area contributed by atoms with Crippen LogP contribution in [0.25, 0.3) is 0 Å². The average molecular weight is 218 g/mol. The first-order valence-electron chi connectivity index (χ1n) is 5.61. The van der Waals surface area contributed by atoms with Crippen molar-refractivity contribution in [1.82, 2.24) is 4.90 Å². The van der Waals surface area contributed by atoms with E-state index in [-0.39, 0.29) is 5.54 Å². The molecule has 1 aromatic rings. The molecule has 0 unspecified atom stereocenters. The molecule has 0 amide bonds. The summed E-state index contributed by atoms with van der Waals surface area (Å²) in [5, 5.41) is 8.25. The van der Waals surface area contributed by atoms with Crippen molar-refractivity contribution >= 4 is 5.84 Å². The van der Waals surface area contributed by atoms with Gasteiger partial charge < -0.3 is 9.64 Å². The van der Waals surface area contributed by atoms with E-state index in [9.17, 15) is 0 Å². The minimum Gasteiger partial charge on any atom is -0.377 e. The molecule has 16 heavy (non-hydrogen) atoms. The van der Waals surface area contributed by atoms with Crippen molar-refractivity contribution in [2.75, 3.05) is 19.8 Å². The van der Waals surface area contributed by atoms with E-state index in [4.69, 9.17) is 10.1 Å². The van der Waals surface area contributed by atoms with E-state index in [2.05, 4.69) is 18.7 Å². The van der Waals surface area contributed by atoms with Gasteiger partial charge in [-0.25, -0.2) is 0 Å². The number of hydrogen-bond donors (Lipinski definition) is 1. The highest BCUT2D eigenvalue weighted by Gasteiger charge is 2.32. The normalized spacial score (nSPS) is 19.5. The van der Waals surface area contributed by atoms with E-state index in [0.29, 0.717) is 19.0 Å². The second-order valence-electron chi connectivity index (χ2n) is 4.73. The van der Waals surface area contributed by atoms with Crippen LogP contribution in [0.1, 0.15) is 19.4 Å². The Kier molecular flexibility index (Phi) is 2.97. The van der Waals surface area contributed by atoms with Gasteiger partial charge in [0.15, 0.2) is 0 Å². The van der Waals surface area contributed by atoms with Gasteiger partial charge in [-0.3, -0.25) is 5.41 Å². The van der Waals surface area contributed by atoms with E-state index in [0.717, 1.165) is 12.1 Å². The third kappa shape index (κ3) is 2.09. The number of nitrogens with zero attached hydrogens (tertiary/aromatic N) is 1. The van der Waals surface area contributed by atoms with Crippen LogP contribution in [0.4, 0.5) is 0 Å². The van der Waals surface area contributed by atoms with Gasteiger partial charge in [-0.15, -0.1) is 0 Å². The van der Waals surface area contributed by atoms with E-state index >= 15 is 0 Å². The summed E-state index contributed by atoms with van der Waals surface area (Å²) in [5.41, 5.74) is 0.878. The SMILES string of the molecule is CC1(C)COCCN1C(=N)c1ccccc1. The van der Waals surface area contributed by atoms with Gasteiger partial charge in [-0.05, 0) is 13.8 Å². The molecule has 0 aliphatic carbocycles. The Hall–Kier alpha value is -1.35. The van der Waals surface area contributed by atoms with Crippen LogP contribution in [0.3, 0.4) is 0 Å². The zero-order chi connectivity index (χ0) is 11.6. The van der Waals surface area contributed by atoms with Gasteiger partial charge in [-0.2, -0.15) is 0 Å². The summed E-state index contributed by atoms with van der Waals surface area (Å²) < 4.78 is 5.46. The molecule has 0 bridgehead atoms. The summed E-state index contributed by atoms with van der Waals surface area (Å²) in [4.78, 5) is 2.12. The fraction of sp³-hybridized carbons (Fsp3) is 0.462. The van der Waals surface area contributed by atoms with Crippen molar-refractivity contribution < 1.29 is 4.74 Å². The fourth-order valence-electron chi connectivity index (χ4n) is 2.02. The highest BCUT2D eigenvalue weighted by molar-refractivity contribution is 5.96. The van der Waals surface area contributed by atoms with Gasteiger partial charge in [-0.1, -0.05) is 30.3 Å². The summed E-state index contributed by atoms with van der Waals surface area (Å²) in [5.74, 6) is 0.592. The van der Waals surface area contributed by atoms with Crippen LogP contribution < -0.4 is 0 Å². The molecule has 1 aliphatic rings. The number of ether oxygens (including phenoxy) is 1. The van der Waals surface area contributed by atoms with Gasteiger partial charge in [0.2, 0.25) is 0 Å². The molecule has 0 radical (unpaired) electrons. The molecular weight excluding hydrogens is 200 g/mol. The molecule has 1 aliphatic heterocycles. The van der Waals surface area contributed by atoms with Gasteiger partial charge in [0.25, 0.3) is 0 Å². The number of amidine groups is 1. The number of benzene rings is 1. The topological polar surface area (TPSA) is 36.3 Å². The van der Waals surface area contributed by atoms with Crippen LogP contribution in [0.2, 0.25) is 0 Å². The smallest absolute Gasteiger partial charge is 0.128 e. The maximum Gasteiger partial charge on any atom is 0.128 e. The van der Waals surface area contributed by atoms with Crippen molar-refractivity contribution in [2.24, 2.45) is 0 Å². The lowest BCUT2D eigenvalue weighted by Crippen LogP contribution is -2.55. The average Bonchev–Trinajstić information content (AvgIpc) is 2.29. The molecule has 1 fully saturated rings. The monoisotopic (exact) mass is 218 g/mol. The van der Waals surface area contributed by atoms with Gasteiger partial charge in [0.05, 0.1) is 18.8 Å². The molecule has 86 valence electrons. The first-order valence-corrected chi connectivity index (χ1v) is 5.61. The third-order valence-electron chi connectivity index (χ3n) is 2.96. The minimum atomic E-state index is -0.0921. The Bertz CT molecular complexity index is 373. The van der Waals surface area contributed by atoms with Gasteiger partial charge in [0, 0.05) is 12.1 Å². The zero-order valence-corrected chi connectivity index (χ0v) is 9.86. The summed E-state index contributed by atoms with van der Waals surface area (Å²) in [6.45, 7) is 6.41. The molecular formula is C13H18N2O. The molecule has 1 aromatic carbocycles. The predicted molar refractivity (Wildman–Crippen MR) is 64.9 cm³/mol. The molecule has 0 aromatic heterocycles. The summed E-state index contributed by atoms with van der Waals surface area (Å²) in [6, 6.07) is 9.87. The maximum absolute atomic E-state index is 8.25.